The summed E-state index contributed by atoms with van der Waals surface area (Å²) in [5.41, 5.74) is 3.93. The second-order valence-electron chi connectivity index (χ2n) is 7.11. The maximum absolute atomic E-state index is 13.7. The van der Waals surface area contributed by atoms with Crippen LogP contribution in [0.1, 0.15) is 41.5 Å². The minimum absolute atomic E-state index is 0.0656. The molecule has 1 atom stereocenters. The fourth-order valence-corrected chi connectivity index (χ4v) is 1.67. The van der Waals surface area contributed by atoms with Crippen LogP contribution in [0.2, 0.25) is 0 Å². The van der Waals surface area contributed by atoms with E-state index >= 15 is 0 Å². The molecular weight excluding hydrogens is 303 g/mol. The zero-order valence-electron chi connectivity index (χ0n) is 14.4. The van der Waals surface area contributed by atoms with Crippen LogP contribution in [0.15, 0.2) is 18.2 Å². The Morgan fingerprint density at radius 3 is 2.22 bits per heavy atom. The summed E-state index contributed by atoms with van der Waals surface area (Å²) < 4.78 is 24.4. The second kappa shape index (κ2) is 6.72. The van der Waals surface area contributed by atoms with Crippen LogP contribution in [0.4, 0.5) is 20.6 Å². The highest BCUT2D eigenvalue weighted by Gasteiger charge is 2.32. The topological polar surface area (TPSA) is 85.0 Å². The molecule has 0 heterocycles. The summed E-state index contributed by atoms with van der Waals surface area (Å²) in [6, 6.07) is 3.73. The molecule has 1 unspecified atom stereocenters. The predicted molar refractivity (Wildman–Crippen MR) is 86.4 cm³/mol. The van der Waals surface area contributed by atoms with Gasteiger partial charge in [-0.3, -0.25) is 0 Å². The normalized spacial score (nSPS) is 13.6. The number of hydrogen-bond acceptors (Lipinski definition) is 5. The summed E-state index contributed by atoms with van der Waals surface area (Å²) in [5.74, 6) is -0.709. The van der Waals surface area contributed by atoms with Gasteiger partial charge in [-0.25, -0.2) is 14.1 Å². The van der Waals surface area contributed by atoms with Gasteiger partial charge in [0.15, 0.2) is 0 Å². The Bertz CT molecular complexity index is 564. The summed E-state index contributed by atoms with van der Waals surface area (Å²) in [5, 5.41) is 10.3. The molecule has 0 aromatic heterocycles. The van der Waals surface area contributed by atoms with E-state index in [1.807, 2.05) is 0 Å². The monoisotopic (exact) mass is 328 g/mol. The first-order valence-electron chi connectivity index (χ1n) is 7.23. The molecule has 6 nitrogen and oxygen atoms in total. The molecule has 0 spiro atoms. The number of rotatable bonds is 3. The fraction of sp³-hybridized carbons (Fsp3) is 0.562. The molecular formula is C16H25FN2O4. The number of carbonyl (C=O) groups is 1. The van der Waals surface area contributed by atoms with Gasteiger partial charge >= 0.3 is 6.09 Å². The number of nitrogen functional groups attached to an aromatic ring is 1. The molecule has 0 fully saturated rings. The Labute approximate surface area is 136 Å². The largest absolute Gasteiger partial charge is 0.443 e. The van der Waals surface area contributed by atoms with E-state index < -0.39 is 29.5 Å². The highest BCUT2D eigenvalue weighted by molar-refractivity contribution is 5.88. The Morgan fingerprint density at radius 1 is 1.22 bits per heavy atom. The van der Waals surface area contributed by atoms with Gasteiger partial charge in [0.25, 0.3) is 0 Å². The standard InChI is InChI=1S/C16H25FN2O4/c1-15(2,3)22-13(20)19(14(21)23-16(4,5)6)10-7-8-12(18)11(17)9-10/h7-9,13,20H,18H2,1-6H3. The average Bonchev–Trinajstić information content (AvgIpc) is 2.29. The van der Waals surface area contributed by atoms with Crippen LogP contribution in [0.25, 0.3) is 0 Å². The van der Waals surface area contributed by atoms with E-state index in [1.54, 1.807) is 41.5 Å². The Morgan fingerprint density at radius 2 is 1.78 bits per heavy atom. The van der Waals surface area contributed by atoms with E-state index in [9.17, 15) is 14.3 Å². The zero-order valence-corrected chi connectivity index (χ0v) is 14.4. The van der Waals surface area contributed by atoms with E-state index in [4.69, 9.17) is 15.2 Å². The van der Waals surface area contributed by atoms with Gasteiger partial charge in [-0.2, -0.15) is 0 Å². The molecule has 0 bridgehead atoms. The van der Waals surface area contributed by atoms with Gasteiger partial charge in [-0.15, -0.1) is 0 Å². The number of nitrogens with two attached hydrogens (primary N) is 1. The third-order valence-electron chi connectivity index (χ3n) is 2.53. The highest BCUT2D eigenvalue weighted by atomic mass is 19.1. The van der Waals surface area contributed by atoms with Crippen molar-refractivity contribution in [2.75, 3.05) is 10.6 Å². The van der Waals surface area contributed by atoms with Crippen LogP contribution in [0.3, 0.4) is 0 Å². The Balaban J connectivity index is 3.19. The molecule has 0 aliphatic carbocycles. The second-order valence-corrected chi connectivity index (χ2v) is 7.11. The summed E-state index contributed by atoms with van der Waals surface area (Å²) in [4.78, 5) is 13.2. The summed E-state index contributed by atoms with van der Waals surface area (Å²) in [6.07, 6.45) is -2.51. The molecule has 130 valence electrons. The lowest BCUT2D eigenvalue weighted by molar-refractivity contribution is -0.163. The van der Waals surface area contributed by atoms with Gasteiger partial charge in [0.05, 0.1) is 17.0 Å². The number of halogens is 1. The molecule has 0 aliphatic heterocycles. The van der Waals surface area contributed by atoms with Gasteiger partial charge in [0.1, 0.15) is 11.4 Å². The van der Waals surface area contributed by atoms with E-state index in [-0.39, 0.29) is 11.4 Å². The zero-order chi connectivity index (χ0) is 18.0. The molecule has 1 rings (SSSR count). The van der Waals surface area contributed by atoms with E-state index in [1.165, 1.54) is 12.1 Å². The molecule has 1 aromatic carbocycles. The molecule has 0 radical (unpaired) electrons. The lowest BCUT2D eigenvalue weighted by Gasteiger charge is -2.33. The fourth-order valence-electron chi connectivity index (χ4n) is 1.67. The number of nitrogens with zero attached hydrogens (tertiary/aromatic N) is 1. The molecule has 1 amide bonds. The number of anilines is 2. The van der Waals surface area contributed by atoms with E-state index in [0.717, 1.165) is 11.0 Å². The number of benzene rings is 1. The maximum atomic E-state index is 13.7. The number of aliphatic hydroxyl groups excluding tert-OH is 1. The summed E-state index contributed by atoms with van der Waals surface area (Å²) in [6.45, 7) is 10.2. The minimum Gasteiger partial charge on any atom is -0.443 e. The number of amides is 1. The highest BCUT2D eigenvalue weighted by Crippen LogP contribution is 2.25. The first-order chi connectivity index (χ1) is 10.3. The van der Waals surface area contributed by atoms with Gasteiger partial charge < -0.3 is 20.3 Å². The van der Waals surface area contributed by atoms with Crippen molar-refractivity contribution in [3.05, 3.63) is 24.0 Å². The van der Waals surface area contributed by atoms with Gasteiger partial charge in [0, 0.05) is 6.07 Å². The van der Waals surface area contributed by atoms with Crippen LogP contribution in [0.5, 0.6) is 0 Å². The quantitative estimate of drug-likeness (QED) is 0.657. The lowest BCUT2D eigenvalue weighted by Crippen LogP contribution is -2.47. The van der Waals surface area contributed by atoms with Crippen molar-refractivity contribution < 1.29 is 23.8 Å². The summed E-state index contributed by atoms with van der Waals surface area (Å²) in [7, 11) is 0. The SMILES string of the molecule is CC(C)(C)OC(=O)N(c1ccc(N)c(F)c1)C(O)OC(C)(C)C. The molecule has 0 saturated carbocycles. The van der Waals surface area contributed by atoms with Crippen molar-refractivity contribution in [1.29, 1.82) is 0 Å². The first-order valence-corrected chi connectivity index (χ1v) is 7.23. The lowest BCUT2D eigenvalue weighted by atomic mass is 10.2. The van der Waals surface area contributed by atoms with Gasteiger partial charge in [0.2, 0.25) is 6.41 Å². The smallest absolute Gasteiger partial charge is 0.418 e. The molecule has 7 heteroatoms. The maximum Gasteiger partial charge on any atom is 0.418 e. The molecule has 0 aliphatic rings. The Hall–Kier alpha value is -1.86. The van der Waals surface area contributed by atoms with Crippen molar-refractivity contribution in [2.45, 2.75) is 59.2 Å². The van der Waals surface area contributed by atoms with Gasteiger partial charge in [-0.1, -0.05) is 0 Å². The van der Waals surface area contributed by atoms with Crippen molar-refractivity contribution >= 4 is 17.5 Å². The Kier molecular flexibility index (Phi) is 5.60. The molecule has 1 aromatic rings. The first kappa shape index (κ1) is 19.2. The van der Waals surface area contributed by atoms with Crippen LogP contribution in [0, 0.1) is 5.82 Å². The van der Waals surface area contributed by atoms with Crippen LogP contribution in [-0.4, -0.2) is 28.8 Å². The average molecular weight is 328 g/mol. The third-order valence-corrected chi connectivity index (χ3v) is 2.53. The van der Waals surface area contributed by atoms with Crippen LogP contribution in [-0.2, 0) is 9.47 Å². The molecule has 0 saturated heterocycles. The van der Waals surface area contributed by atoms with E-state index in [2.05, 4.69) is 0 Å². The molecule has 3 N–H and O–H groups in total. The predicted octanol–water partition coefficient (Wildman–Crippen LogP) is 3.24. The van der Waals surface area contributed by atoms with Crippen molar-refractivity contribution in [2.24, 2.45) is 0 Å². The minimum atomic E-state index is -1.65. The molecule has 23 heavy (non-hydrogen) atoms. The van der Waals surface area contributed by atoms with Gasteiger partial charge in [-0.05, 0) is 53.7 Å². The van der Waals surface area contributed by atoms with Crippen LogP contribution < -0.4 is 10.6 Å². The number of carbonyl (C=O) groups excluding carboxylic acids is 1. The number of aliphatic hydroxyl groups is 1. The number of hydrogen-bond donors (Lipinski definition) is 2. The van der Waals surface area contributed by atoms with Crippen molar-refractivity contribution in [1.82, 2.24) is 0 Å². The summed E-state index contributed by atoms with van der Waals surface area (Å²) >= 11 is 0. The van der Waals surface area contributed by atoms with Crippen LogP contribution >= 0.6 is 0 Å². The third kappa shape index (κ3) is 6.03. The van der Waals surface area contributed by atoms with Crippen molar-refractivity contribution in [3.8, 4) is 0 Å². The number of ether oxygens (including phenoxy) is 2. The van der Waals surface area contributed by atoms with E-state index in [0.29, 0.717) is 0 Å². The van der Waals surface area contributed by atoms with Crippen molar-refractivity contribution in [3.63, 3.8) is 0 Å².